The summed E-state index contributed by atoms with van der Waals surface area (Å²) in [6, 6.07) is 4.18. The Kier molecular flexibility index (Phi) is 5.90. The molecule has 1 N–H and O–H groups in total. The van der Waals surface area contributed by atoms with E-state index in [1.165, 1.54) is 11.3 Å². The molecule has 0 aliphatic rings. The van der Waals surface area contributed by atoms with Gasteiger partial charge in [0.1, 0.15) is 11.8 Å². The summed E-state index contributed by atoms with van der Waals surface area (Å²) >= 11 is 0. The van der Waals surface area contributed by atoms with Crippen molar-refractivity contribution in [1.82, 2.24) is 14.8 Å². The molecule has 1 heterocycles. The highest BCUT2D eigenvalue weighted by Crippen LogP contribution is 2.12. The molecule has 1 aromatic heterocycles. The molecule has 100 valence electrons. The van der Waals surface area contributed by atoms with Crippen molar-refractivity contribution in [3.63, 3.8) is 0 Å². The van der Waals surface area contributed by atoms with Gasteiger partial charge in [-0.25, -0.2) is 0 Å². The number of nitrogens with one attached hydrogen (secondary N) is 1. The Labute approximate surface area is 110 Å². The van der Waals surface area contributed by atoms with E-state index in [9.17, 15) is 0 Å². The average molecular weight is 248 g/mol. The number of likely N-dealkylation sites (N-methyl/N-ethyl adjacent to an activating group) is 1. The predicted molar refractivity (Wildman–Crippen MR) is 74.4 cm³/mol. The maximum absolute atomic E-state index is 8.97. The van der Waals surface area contributed by atoms with Crippen LogP contribution in [0.15, 0.2) is 6.07 Å². The summed E-state index contributed by atoms with van der Waals surface area (Å²) in [5.41, 5.74) is 3.11. The fourth-order valence-electron chi connectivity index (χ4n) is 2.05. The van der Waals surface area contributed by atoms with Gasteiger partial charge >= 0.3 is 0 Å². The smallest absolute Gasteiger partial charge is 0.120 e. The lowest BCUT2D eigenvalue weighted by Crippen LogP contribution is -2.31. The van der Waals surface area contributed by atoms with Crippen LogP contribution in [0.25, 0.3) is 0 Å². The first-order valence-electron chi connectivity index (χ1n) is 6.62. The zero-order chi connectivity index (χ0) is 13.5. The van der Waals surface area contributed by atoms with Crippen LogP contribution in [0.1, 0.15) is 30.8 Å². The Morgan fingerprint density at radius 3 is 2.56 bits per heavy atom. The zero-order valence-electron chi connectivity index (χ0n) is 12.0. The average Bonchev–Trinajstić information content (AvgIpc) is 2.66. The molecular formula is C14H24N4. The van der Waals surface area contributed by atoms with Gasteiger partial charge in [0.25, 0.3) is 0 Å². The summed E-state index contributed by atoms with van der Waals surface area (Å²) in [6.07, 6.45) is 0. The summed E-state index contributed by atoms with van der Waals surface area (Å²) in [7, 11) is 1.94. The molecule has 0 aliphatic carbocycles. The Hall–Kier alpha value is -1.31. The monoisotopic (exact) mass is 248 g/mol. The quantitative estimate of drug-likeness (QED) is 0.746. The lowest BCUT2D eigenvalue weighted by Gasteiger charge is -2.17. The molecular weight excluding hydrogens is 224 g/mol. The van der Waals surface area contributed by atoms with Gasteiger partial charge in [-0.05, 0) is 31.6 Å². The van der Waals surface area contributed by atoms with Crippen LogP contribution in [0.5, 0.6) is 0 Å². The summed E-state index contributed by atoms with van der Waals surface area (Å²) in [5.74, 6) is 0. The van der Waals surface area contributed by atoms with Crippen molar-refractivity contribution in [3.05, 3.63) is 23.0 Å². The Balaban J connectivity index is 2.43. The second-order valence-corrected chi connectivity index (χ2v) is 4.51. The van der Waals surface area contributed by atoms with E-state index >= 15 is 0 Å². The molecule has 0 amide bonds. The summed E-state index contributed by atoms with van der Waals surface area (Å²) in [4.78, 5) is 2.39. The third-order valence-corrected chi connectivity index (χ3v) is 3.57. The van der Waals surface area contributed by atoms with Gasteiger partial charge in [0, 0.05) is 32.4 Å². The van der Waals surface area contributed by atoms with Crippen molar-refractivity contribution in [2.75, 3.05) is 26.2 Å². The van der Waals surface area contributed by atoms with Gasteiger partial charge in [-0.15, -0.1) is 0 Å². The second-order valence-electron chi connectivity index (χ2n) is 4.51. The van der Waals surface area contributed by atoms with Gasteiger partial charge in [0.2, 0.25) is 0 Å². The normalized spacial score (nSPS) is 10.9. The maximum Gasteiger partial charge on any atom is 0.120 e. The lowest BCUT2D eigenvalue weighted by atomic mass is 10.2. The maximum atomic E-state index is 8.97. The minimum Gasteiger partial charge on any atom is -0.340 e. The Morgan fingerprint density at radius 1 is 1.39 bits per heavy atom. The second kappa shape index (κ2) is 7.20. The van der Waals surface area contributed by atoms with Crippen molar-refractivity contribution in [1.29, 1.82) is 5.26 Å². The van der Waals surface area contributed by atoms with Crippen LogP contribution in [0.4, 0.5) is 0 Å². The first kappa shape index (κ1) is 14.7. The van der Waals surface area contributed by atoms with E-state index in [0.29, 0.717) is 0 Å². The molecule has 18 heavy (non-hydrogen) atoms. The van der Waals surface area contributed by atoms with E-state index in [4.69, 9.17) is 5.26 Å². The van der Waals surface area contributed by atoms with Crippen LogP contribution in [-0.2, 0) is 13.6 Å². The van der Waals surface area contributed by atoms with Gasteiger partial charge in [-0.2, -0.15) is 5.26 Å². The molecule has 0 aromatic carbocycles. The van der Waals surface area contributed by atoms with Crippen molar-refractivity contribution >= 4 is 0 Å². The topological polar surface area (TPSA) is 44.0 Å². The van der Waals surface area contributed by atoms with Crippen LogP contribution in [0, 0.1) is 18.3 Å². The molecule has 0 spiro atoms. The van der Waals surface area contributed by atoms with Crippen molar-refractivity contribution in [3.8, 4) is 6.07 Å². The lowest BCUT2D eigenvalue weighted by molar-refractivity contribution is 0.302. The number of nitriles is 1. The molecule has 0 fully saturated rings. The molecule has 0 atom stereocenters. The molecule has 1 aromatic rings. The number of hydrogen-bond acceptors (Lipinski definition) is 3. The van der Waals surface area contributed by atoms with Crippen molar-refractivity contribution < 1.29 is 0 Å². The molecule has 0 aliphatic heterocycles. The van der Waals surface area contributed by atoms with Crippen LogP contribution in [0.3, 0.4) is 0 Å². The number of nitrogens with zero attached hydrogens (tertiary/aromatic N) is 3. The minimum atomic E-state index is 0.730. The number of aromatic nitrogens is 1. The summed E-state index contributed by atoms with van der Waals surface area (Å²) in [5, 5.41) is 12.4. The van der Waals surface area contributed by atoms with Crippen LogP contribution < -0.4 is 5.32 Å². The molecule has 0 saturated carbocycles. The molecule has 0 saturated heterocycles. The van der Waals surface area contributed by atoms with Crippen LogP contribution in [-0.4, -0.2) is 35.6 Å². The standard InChI is InChI=1S/C14H24N4/c1-5-18(6-2)8-7-16-11-13-9-14(10-15)17(4)12(13)3/h9,16H,5-8,11H2,1-4H3. The molecule has 0 bridgehead atoms. The van der Waals surface area contributed by atoms with Gasteiger partial charge in [0.15, 0.2) is 0 Å². The van der Waals surface area contributed by atoms with Crippen LogP contribution >= 0.6 is 0 Å². The van der Waals surface area contributed by atoms with Gasteiger partial charge < -0.3 is 14.8 Å². The van der Waals surface area contributed by atoms with E-state index in [0.717, 1.165) is 38.4 Å². The number of rotatable bonds is 7. The van der Waals surface area contributed by atoms with Crippen molar-refractivity contribution in [2.45, 2.75) is 27.3 Å². The summed E-state index contributed by atoms with van der Waals surface area (Å²) < 4.78 is 1.95. The van der Waals surface area contributed by atoms with Crippen LogP contribution in [0.2, 0.25) is 0 Å². The molecule has 0 unspecified atom stereocenters. The minimum absolute atomic E-state index is 0.730. The number of hydrogen-bond donors (Lipinski definition) is 1. The third-order valence-electron chi connectivity index (χ3n) is 3.57. The zero-order valence-corrected chi connectivity index (χ0v) is 12.0. The van der Waals surface area contributed by atoms with E-state index in [-0.39, 0.29) is 0 Å². The van der Waals surface area contributed by atoms with E-state index in [1.54, 1.807) is 0 Å². The van der Waals surface area contributed by atoms with E-state index in [1.807, 2.05) is 17.7 Å². The highest BCUT2D eigenvalue weighted by atomic mass is 15.1. The highest BCUT2D eigenvalue weighted by Gasteiger charge is 2.07. The fraction of sp³-hybridized carbons (Fsp3) is 0.643. The largest absolute Gasteiger partial charge is 0.340 e. The molecule has 1 rings (SSSR count). The fourth-order valence-corrected chi connectivity index (χ4v) is 2.05. The van der Waals surface area contributed by atoms with E-state index in [2.05, 4.69) is 37.1 Å². The third kappa shape index (κ3) is 3.59. The first-order chi connectivity index (χ1) is 8.63. The SMILES string of the molecule is CCN(CC)CCNCc1cc(C#N)n(C)c1C. The Morgan fingerprint density at radius 2 is 2.06 bits per heavy atom. The molecule has 4 heteroatoms. The van der Waals surface area contributed by atoms with Gasteiger partial charge in [-0.3, -0.25) is 0 Å². The molecule has 0 radical (unpaired) electrons. The first-order valence-corrected chi connectivity index (χ1v) is 6.62. The van der Waals surface area contributed by atoms with E-state index < -0.39 is 0 Å². The van der Waals surface area contributed by atoms with Gasteiger partial charge in [0.05, 0.1) is 0 Å². The Bertz CT molecular complexity index is 410. The highest BCUT2D eigenvalue weighted by molar-refractivity contribution is 5.33. The predicted octanol–water partition coefficient (Wildman–Crippen LogP) is 1.64. The van der Waals surface area contributed by atoms with Gasteiger partial charge in [-0.1, -0.05) is 13.8 Å². The van der Waals surface area contributed by atoms with Crippen molar-refractivity contribution in [2.24, 2.45) is 7.05 Å². The molecule has 4 nitrogen and oxygen atoms in total. The summed E-state index contributed by atoms with van der Waals surface area (Å²) in [6.45, 7) is 11.5.